The van der Waals surface area contributed by atoms with Crippen molar-refractivity contribution in [2.45, 2.75) is 0 Å². The smallest absolute Gasteiger partial charge is 0.265 e. The third kappa shape index (κ3) is 3.19. The molecule has 0 aliphatic rings. The Morgan fingerprint density at radius 1 is 1.12 bits per heavy atom. The second-order valence-corrected chi connectivity index (χ2v) is 7.03. The van der Waals surface area contributed by atoms with E-state index in [0.29, 0.717) is 27.6 Å². The molecule has 4 aromatic rings. The lowest BCUT2D eigenvalue weighted by atomic mass is 10.2. The number of thiophene rings is 1. The molecule has 26 heavy (non-hydrogen) atoms. The van der Waals surface area contributed by atoms with Gasteiger partial charge in [-0.25, -0.2) is 4.98 Å². The van der Waals surface area contributed by atoms with Gasteiger partial charge in [-0.1, -0.05) is 12.1 Å². The van der Waals surface area contributed by atoms with E-state index < -0.39 is 0 Å². The number of oxazole rings is 1. The van der Waals surface area contributed by atoms with E-state index in [1.165, 1.54) is 11.3 Å². The maximum atomic E-state index is 12.2. The first-order valence-electron chi connectivity index (χ1n) is 8.13. The first-order valence-corrected chi connectivity index (χ1v) is 9.01. The predicted molar refractivity (Wildman–Crippen MR) is 106 cm³/mol. The second-order valence-electron chi connectivity index (χ2n) is 6.08. The highest BCUT2D eigenvalue weighted by Gasteiger charge is 2.12. The van der Waals surface area contributed by atoms with Crippen molar-refractivity contribution < 1.29 is 9.21 Å². The number of nitrogens with zero attached hydrogens (tertiary/aromatic N) is 2. The Kier molecular flexibility index (Phi) is 4.18. The van der Waals surface area contributed by atoms with E-state index >= 15 is 0 Å². The molecule has 0 bridgehead atoms. The van der Waals surface area contributed by atoms with Gasteiger partial charge in [0.25, 0.3) is 5.91 Å². The quantitative estimate of drug-likeness (QED) is 0.562. The summed E-state index contributed by atoms with van der Waals surface area (Å²) in [4.78, 5) is 19.5. The van der Waals surface area contributed by atoms with E-state index in [0.717, 1.165) is 11.3 Å². The van der Waals surface area contributed by atoms with E-state index in [9.17, 15) is 4.79 Å². The second kappa shape index (κ2) is 6.65. The van der Waals surface area contributed by atoms with Gasteiger partial charge in [0.2, 0.25) is 5.89 Å². The maximum absolute atomic E-state index is 12.2. The molecule has 5 nitrogen and oxygen atoms in total. The first kappa shape index (κ1) is 16.4. The summed E-state index contributed by atoms with van der Waals surface area (Å²) in [6.45, 7) is 0. The molecule has 0 radical (unpaired) electrons. The summed E-state index contributed by atoms with van der Waals surface area (Å²) in [5.41, 5.74) is 4.08. The Morgan fingerprint density at radius 3 is 2.77 bits per heavy atom. The monoisotopic (exact) mass is 363 g/mol. The van der Waals surface area contributed by atoms with Crippen LogP contribution < -0.4 is 10.2 Å². The van der Waals surface area contributed by atoms with Crippen molar-refractivity contribution in [1.82, 2.24) is 4.98 Å². The Labute approximate surface area is 154 Å². The number of hydrogen-bond donors (Lipinski definition) is 1. The van der Waals surface area contributed by atoms with Gasteiger partial charge in [-0.05, 0) is 47.8 Å². The SMILES string of the molecule is CN(C)c1cccc(-c2nc3cc(NC(=O)c4cccs4)ccc3o2)c1. The fourth-order valence-corrected chi connectivity index (χ4v) is 3.27. The van der Waals surface area contributed by atoms with E-state index in [4.69, 9.17) is 4.42 Å². The van der Waals surface area contributed by atoms with Gasteiger partial charge in [-0.15, -0.1) is 11.3 Å². The molecule has 0 fully saturated rings. The zero-order valence-corrected chi connectivity index (χ0v) is 15.2. The fourth-order valence-electron chi connectivity index (χ4n) is 2.65. The molecular formula is C20H17N3O2S. The summed E-state index contributed by atoms with van der Waals surface area (Å²) in [7, 11) is 3.99. The predicted octanol–water partition coefficient (Wildman–Crippen LogP) is 4.87. The van der Waals surface area contributed by atoms with Gasteiger partial charge in [0.15, 0.2) is 5.58 Å². The third-order valence-corrected chi connectivity index (χ3v) is 4.87. The minimum Gasteiger partial charge on any atom is -0.436 e. The van der Waals surface area contributed by atoms with Crippen LogP contribution in [0.25, 0.3) is 22.6 Å². The molecule has 4 rings (SSSR count). The lowest BCUT2D eigenvalue weighted by Crippen LogP contribution is -2.09. The van der Waals surface area contributed by atoms with E-state index in [-0.39, 0.29) is 5.91 Å². The molecule has 0 atom stereocenters. The van der Waals surface area contributed by atoms with Gasteiger partial charge in [-0.3, -0.25) is 4.79 Å². The summed E-state index contributed by atoms with van der Waals surface area (Å²) < 4.78 is 5.88. The number of carbonyl (C=O) groups excluding carboxylic acids is 1. The van der Waals surface area contributed by atoms with E-state index in [1.54, 1.807) is 6.07 Å². The Bertz CT molecular complexity index is 1070. The van der Waals surface area contributed by atoms with Crippen molar-refractivity contribution in [3.8, 4) is 11.5 Å². The van der Waals surface area contributed by atoms with Gasteiger partial charge in [0.1, 0.15) is 5.52 Å². The fraction of sp³-hybridized carbons (Fsp3) is 0.100. The van der Waals surface area contributed by atoms with Crippen LogP contribution in [-0.2, 0) is 0 Å². The van der Waals surface area contributed by atoms with Gasteiger partial charge in [0, 0.05) is 31.0 Å². The van der Waals surface area contributed by atoms with Crippen LogP contribution in [0.15, 0.2) is 64.4 Å². The number of aromatic nitrogens is 1. The number of amides is 1. The third-order valence-electron chi connectivity index (χ3n) is 4.00. The molecule has 130 valence electrons. The molecule has 6 heteroatoms. The van der Waals surface area contributed by atoms with Crippen LogP contribution >= 0.6 is 11.3 Å². The van der Waals surface area contributed by atoms with Crippen molar-refractivity contribution in [3.63, 3.8) is 0 Å². The first-order chi connectivity index (χ1) is 12.6. The lowest BCUT2D eigenvalue weighted by molar-refractivity contribution is 0.103. The molecule has 0 unspecified atom stereocenters. The zero-order valence-electron chi connectivity index (χ0n) is 14.4. The van der Waals surface area contributed by atoms with Crippen LogP contribution in [0.2, 0.25) is 0 Å². The van der Waals surface area contributed by atoms with Gasteiger partial charge < -0.3 is 14.6 Å². The Balaban J connectivity index is 1.64. The van der Waals surface area contributed by atoms with Gasteiger partial charge in [0.05, 0.1) is 4.88 Å². The number of carbonyl (C=O) groups is 1. The van der Waals surface area contributed by atoms with Crippen LogP contribution in [0.5, 0.6) is 0 Å². The molecule has 0 saturated heterocycles. The minimum atomic E-state index is -0.123. The number of rotatable bonds is 4. The van der Waals surface area contributed by atoms with Crippen molar-refractivity contribution >= 4 is 39.7 Å². The van der Waals surface area contributed by atoms with Crippen molar-refractivity contribution in [2.75, 3.05) is 24.3 Å². The summed E-state index contributed by atoms with van der Waals surface area (Å²) in [6.07, 6.45) is 0. The molecule has 1 amide bonds. The number of fused-ring (bicyclic) bond motifs is 1. The lowest BCUT2D eigenvalue weighted by Gasteiger charge is -2.12. The molecule has 0 aliphatic heterocycles. The van der Waals surface area contributed by atoms with Crippen LogP contribution in [-0.4, -0.2) is 25.0 Å². The average Bonchev–Trinajstić information content (AvgIpc) is 3.31. The molecule has 0 aliphatic carbocycles. The van der Waals surface area contributed by atoms with Gasteiger partial charge in [-0.2, -0.15) is 0 Å². The molecule has 0 spiro atoms. The van der Waals surface area contributed by atoms with Crippen LogP contribution in [0.1, 0.15) is 9.67 Å². The van der Waals surface area contributed by atoms with Gasteiger partial charge >= 0.3 is 0 Å². The number of anilines is 2. The molecule has 2 aromatic heterocycles. The number of benzene rings is 2. The highest BCUT2D eigenvalue weighted by Crippen LogP contribution is 2.28. The molecule has 0 saturated carbocycles. The number of hydrogen-bond acceptors (Lipinski definition) is 5. The maximum Gasteiger partial charge on any atom is 0.265 e. The van der Waals surface area contributed by atoms with E-state index in [2.05, 4.69) is 10.3 Å². The van der Waals surface area contributed by atoms with Crippen molar-refractivity contribution in [1.29, 1.82) is 0 Å². The highest BCUT2D eigenvalue weighted by molar-refractivity contribution is 7.12. The normalized spacial score (nSPS) is 10.8. The zero-order chi connectivity index (χ0) is 18.1. The van der Waals surface area contributed by atoms with Crippen molar-refractivity contribution in [2.24, 2.45) is 0 Å². The standard InChI is InChI=1S/C20H17N3O2S/c1-23(2)15-6-3-5-13(11-15)20-22-16-12-14(8-9-17(16)25-20)21-19(24)18-7-4-10-26-18/h3-12H,1-2H3,(H,21,24). The van der Waals surface area contributed by atoms with Crippen LogP contribution in [0.4, 0.5) is 11.4 Å². The van der Waals surface area contributed by atoms with Crippen molar-refractivity contribution in [3.05, 3.63) is 64.9 Å². The largest absolute Gasteiger partial charge is 0.436 e. The summed E-state index contributed by atoms with van der Waals surface area (Å²) in [5, 5.41) is 4.77. The molecule has 2 aromatic carbocycles. The summed E-state index contributed by atoms with van der Waals surface area (Å²) >= 11 is 1.41. The highest BCUT2D eigenvalue weighted by atomic mass is 32.1. The topological polar surface area (TPSA) is 58.4 Å². The Hall–Kier alpha value is -3.12. The Morgan fingerprint density at radius 2 is 2.00 bits per heavy atom. The molecule has 1 N–H and O–H groups in total. The molecular weight excluding hydrogens is 346 g/mol. The number of nitrogens with one attached hydrogen (secondary N) is 1. The van der Waals surface area contributed by atoms with Crippen LogP contribution in [0.3, 0.4) is 0 Å². The summed E-state index contributed by atoms with van der Waals surface area (Å²) in [6, 6.07) is 17.1. The van der Waals surface area contributed by atoms with E-state index in [1.807, 2.05) is 72.9 Å². The molecule has 2 heterocycles. The summed E-state index contributed by atoms with van der Waals surface area (Å²) in [5.74, 6) is 0.437. The minimum absolute atomic E-state index is 0.123. The average molecular weight is 363 g/mol. The van der Waals surface area contributed by atoms with Crippen LogP contribution in [0, 0.1) is 0 Å².